The molecule has 2 atom stereocenters. The molecule has 1 rings (SSSR count). The highest BCUT2D eigenvalue weighted by molar-refractivity contribution is 7.59. The third-order valence-corrected chi connectivity index (χ3v) is 5.16. The second-order valence-electron chi connectivity index (χ2n) is 4.85. The Hall–Kier alpha value is -1.63. The summed E-state index contributed by atoms with van der Waals surface area (Å²) in [5.41, 5.74) is -1.50. The summed E-state index contributed by atoms with van der Waals surface area (Å²) in [4.78, 5) is 34.0. The van der Waals surface area contributed by atoms with Gasteiger partial charge in [-0.05, 0) is 26.1 Å². The van der Waals surface area contributed by atoms with Crippen LogP contribution in [0.2, 0.25) is 0 Å². The minimum absolute atomic E-state index is 0.189. The fraction of sp³-hybridized carbons (Fsp3) is 0.538. The molecule has 1 unspecified atom stereocenters. The van der Waals surface area contributed by atoms with E-state index in [0.717, 1.165) is 0 Å². The van der Waals surface area contributed by atoms with Crippen LogP contribution < -0.4 is 0 Å². The van der Waals surface area contributed by atoms with Gasteiger partial charge >= 0.3 is 11.9 Å². The number of esters is 1. The predicted molar refractivity (Wildman–Crippen MR) is 77.8 cm³/mol. The van der Waals surface area contributed by atoms with E-state index in [9.17, 15) is 24.2 Å². The normalized spacial score (nSPS) is 15.3. The van der Waals surface area contributed by atoms with Crippen molar-refractivity contribution in [3.05, 3.63) is 24.2 Å². The molecular weight excluding hydrogens is 313 g/mol. The first-order chi connectivity index (χ1) is 10.3. The Morgan fingerprint density at radius 3 is 2.68 bits per heavy atom. The van der Waals surface area contributed by atoms with Crippen molar-refractivity contribution in [3.8, 4) is 0 Å². The number of hydrogen-bond acceptors (Lipinski definition) is 6. The van der Waals surface area contributed by atoms with E-state index < -0.39 is 31.3 Å². The van der Waals surface area contributed by atoms with Crippen LogP contribution in [-0.4, -0.2) is 59.0 Å². The molecule has 0 spiro atoms. The maximum atomic E-state index is 12.4. The molecule has 0 radical (unpaired) electrons. The van der Waals surface area contributed by atoms with Crippen LogP contribution in [0.25, 0.3) is 0 Å². The lowest BCUT2D eigenvalue weighted by Crippen LogP contribution is -2.33. The molecule has 22 heavy (non-hydrogen) atoms. The van der Waals surface area contributed by atoms with Crippen LogP contribution in [0.4, 0.5) is 0 Å². The largest absolute Gasteiger partial charge is 0.481 e. The Bertz CT molecular complexity index is 543. The first-order valence-corrected chi connectivity index (χ1v) is 8.58. The van der Waals surface area contributed by atoms with Crippen molar-refractivity contribution in [1.82, 2.24) is 4.90 Å². The molecule has 0 saturated heterocycles. The van der Waals surface area contributed by atoms with Crippen molar-refractivity contribution in [1.29, 1.82) is 0 Å². The van der Waals surface area contributed by atoms with E-state index in [2.05, 4.69) is 0 Å². The van der Waals surface area contributed by atoms with E-state index in [4.69, 9.17) is 9.15 Å². The molecule has 9 heteroatoms. The molecule has 1 aromatic heterocycles. The first kappa shape index (κ1) is 18.4. The summed E-state index contributed by atoms with van der Waals surface area (Å²) >= 11 is 0. The summed E-state index contributed by atoms with van der Waals surface area (Å²) in [6.07, 6.45) is 0.746. The summed E-state index contributed by atoms with van der Waals surface area (Å²) in [5, 5.41) is 9.20. The van der Waals surface area contributed by atoms with Gasteiger partial charge in [0.1, 0.15) is 11.4 Å². The van der Waals surface area contributed by atoms with Gasteiger partial charge in [-0.2, -0.15) is 0 Å². The predicted octanol–water partition coefficient (Wildman–Crippen LogP) is 0.998. The Morgan fingerprint density at radius 2 is 2.18 bits per heavy atom. The van der Waals surface area contributed by atoms with Gasteiger partial charge in [0.2, 0.25) is 7.37 Å². The number of carboxylic acid groups (broad SMARTS) is 1. The number of nitrogens with zero attached hydrogens (tertiary/aromatic N) is 1. The summed E-state index contributed by atoms with van der Waals surface area (Å²) in [6.45, 7) is 1.67. The van der Waals surface area contributed by atoms with Gasteiger partial charge in [0.15, 0.2) is 0 Å². The minimum Gasteiger partial charge on any atom is -0.481 e. The number of carboxylic acids is 1. The van der Waals surface area contributed by atoms with Gasteiger partial charge in [-0.1, -0.05) is 0 Å². The minimum atomic E-state index is -4.07. The zero-order valence-electron chi connectivity index (χ0n) is 12.5. The van der Waals surface area contributed by atoms with Crippen LogP contribution in [0.5, 0.6) is 0 Å². The van der Waals surface area contributed by atoms with E-state index >= 15 is 0 Å². The van der Waals surface area contributed by atoms with Crippen LogP contribution in [0.15, 0.2) is 22.8 Å². The number of furan rings is 1. The van der Waals surface area contributed by atoms with Gasteiger partial charge in [0.05, 0.1) is 25.7 Å². The maximum absolute atomic E-state index is 12.4. The molecule has 0 aromatic carbocycles. The van der Waals surface area contributed by atoms with Crippen LogP contribution >= 0.6 is 7.37 Å². The van der Waals surface area contributed by atoms with Crippen molar-refractivity contribution < 1.29 is 33.3 Å². The van der Waals surface area contributed by atoms with Gasteiger partial charge < -0.3 is 19.2 Å². The molecule has 1 heterocycles. The monoisotopic (exact) mass is 333 g/mol. The fourth-order valence-corrected chi connectivity index (χ4v) is 3.74. The number of carbonyl (C=O) groups is 2. The van der Waals surface area contributed by atoms with Crippen molar-refractivity contribution in [2.75, 3.05) is 26.5 Å². The molecule has 0 saturated carbocycles. The van der Waals surface area contributed by atoms with Gasteiger partial charge in [-0.3, -0.25) is 19.1 Å². The third-order valence-electron chi connectivity index (χ3n) is 2.90. The summed E-state index contributed by atoms with van der Waals surface area (Å²) in [7, 11) is -2.62. The molecule has 2 N–H and O–H groups in total. The maximum Gasteiger partial charge on any atom is 0.320 e. The standard InChI is InChI=1S/C13H20NO7P/c1-3-20-12(15)8-14(2)9-22(18,19)11(13(16)17)7-10-5-4-6-21-10/h4-6,11H,3,7-9H2,1-2H3,(H,16,17)(H,18,19)/t11-/m1/s1. The second-order valence-corrected chi connectivity index (χ2v) is 7.27. The summed E-state index contributed by atoms with van der Waals surface area (Å²) in [5.74, 6) is -1.61. The van der Waals surface area contributed by atoms with E-state index in [-0.39, 0.29) is 19.6 Å². The van der Waals surface area contributed by atoms with E-state index in [1.165, 1.54) is 24.3 Å². The van der Waals surface area contributed by atoms with E-state index in [1.807, 2.05) is 0 Å². The number of hydrogen-bond donors (Lipinski definition) is 2. The molecule has 0 fully saturated rings. The average molecular weight is 333 g/mol. The molecule has 124 valence electrons. The van der Waals surface area contributed by atoms with Crippen molar-refractivity contribution in [3.63, 3.8) is 0 Å². The van der Waals surface area contributed by atoms with Crippen LogP contribution in [0.1, 0.15) is 12.7 Å². The lowest BCUT2D eigenvalue weighted by atomic mass is 10.2. The molecule has 0 amide bonds. The SMILES string of the molecule is CCOC(=O)CN(C)CP(=O)(O)[C@H](Cc1ccco1)C(=O)O. The molecule has 0 aliphatic carbocycles. The lowest BCUT2D eigenvalue weighted by molar-refractivity contribution is -0.143. The number of rotatable bonds is 9. The van der Waals surface area contributed by atoms with Crippen LogP contribution in [-0.2, 0) is 25.3 Å². The number of aliphatic carboxylic acids is 1. The highest BCUT2D eigenvalue weighted by atomic mass is 31.2. The first-order valence-electron chi connectivity index (χ1n) is 6.67. The fourth-order valence-electron chi connectivity index (χ4n) is 1.94. The number of ether oxygens (including phenoxy) is 1. The zero-order chi connectivity index (χ0) is 16.8. The van der Waals surface area contributed by atoms with Gasteiger partial charge in [-0.15, -0.1) is 0 Å². The Kier molecular flexibility index (Phi) is 6.80. The molecule has 0 aliphatic heterocycles. The molecule has 0 aliphatic rings. The molecular formula is C13H20NO7P. The number of likely N-dealkylation sites (N-methyl/N-ethyl adjacent to an activating group) is 1. The van der Waals surface area contributed by atoms with Crippen LogP contribution in [0, 0.1) is 0 Å². The van der Waals surface area contributed by atoms with Crippen LogP contribution in [0.3, 0.4) is 0 Å². The second kappa shape index (κ2) is 8.12. The van der Waals surface area contributed by atoms with E-state index in [0.29, 0.717) is 5.76 Å². The molecule has 1 aromatic rings. The van der Waals surface area contributed by atoms with Gasteiger partial charge in [0, 0.05) is 6.42 Å². The van der Waals surface area contributed by atoms with Gasteiger partial charge in [0.25, 0.3) is 0 Å². The summed E-state index contributed by atoms with van der Waals surface area (Å²) in [6, 6.07) is 3.11. The summed E-state index contributed by atoms with van der Waals surface area (Å²) < 4.78 is 22.1. The Balaban J connectivity index is 2.73. The Labute approximate surface area is 128 Å². The quantitative estimate of drug-likeness (QED) is 0.508. The lowest BCUT2D eigenvalue weighted by Gasteiger charge is -2.23. The van der Waals surface area contributed by atoms with Crippen molar-refractivity contribution in [2.45, 2.75) is 19.0 Å². The van der Waals surface area contributed by atoms with Crippen molar-refractivity contribution in [2.24, 2.45) is 0 Å². The topological polar surface area (TPSA) is 117 Å². The molecule has 0 bridgehead atoms. The van der Waals surface area contributed by atoms with E-state index in [1.54, 1.807) is 13.0 Å². The third kappa shape index (κ3) is 5.63. The number of carbonyl (C=O) groups excluding carboxylic acids is 1. The zero-order valence-corrected chi connectivity index (χ0v) is 13.4. The van der Waals surface area contributed by atoms with Crippen molar-refractivity contribution >= 4 is 19.3 Å². The molecule has 8 nitrogen and oxygen atoms in total. The highest BCUT2D eigenvalue weighted by Gasteiger charge is 2.38. The average Bonchev–Trinajstić information content (AvgIpc) is 2.87. The smallest absolute Gasteiger partial charge is 0.320 e. The Morgan fingerprint density at radius 1 is 1.50 bits per heavy atom. The highest BCUT2D eigenvalue weighted by Crippen LogP contribution is 2.48. The van der Waals surface area contributed by atoms with Gasteiger partial charge in [-0.25, -0.2) is 0 Å².